The number of nitrogens with zero attached hydrogens (tertiary/aromatic N) is 1. The third-order valence-corrected chi connectivity index (χ3v) is 5.09. The average Bonchev–Trinajstić information content (AvgIpc) is 3.15. The Morgan fingerprint density at radius 3 is 2.80 bits per heavy atom. The van der Waals surface area contributed by atoms with Gasteiger partial charge in [0.05, 0.1) is 5.69 Å². The van der Waals surface area contributed by atoms with E-state index in [9.17, 15) is 4.79 Å². The number of aryl methyl sites for hydroxylation is 1. The zero-order valence-corrected chi connectivity index (χ0v) is 12.8. The molecule has 1 amide bonds. The molecule has 106 valence electrons. The molecule has 3 rings (SSSR count). The molecule has 0 aromatic carbocycles. The van der Waals surface area contributed by atoms with Crippen LogP contribution in [0.15, 0.2) is 12.1 Å². The summed E-state index contributed by atoms with van der Waals surface area (Å²) in [7, 11) is 0. The van der Waals surface area contributed by atoms with E-state index in [4.69, 9.17) is 5.73 Å². The molecule has 1 aliphatic rings. The van der Waals surface area contributed by atoms with E-state index in [1.165, 1.54) is 24.2 Å². The summed E-state index contributed by atoms with van der Waals surface area (Å²) in [6.07, 6.45) is 2.38. The van der Waals surface area contributed by atoms with E-state index >= 15 is 0 Å². The van der Waals surface area contributed by atoms with Gasteiger partial charge in [-0.25, -0.2) is 4.98 Å². The molecule has 20 heavy (non-hydrogen) atoms. The largest absolute Gasteiger partial charge is 0.397 e. The van der Waals surface area contributed by atoms with Gasteiger partial charge in [-0.1, -0.05) is 0 Å². The van der Waals surface area contributed by atoms with Crippen molar-refractivity contribution in [2.45, 2.75) is 39.2 Å². The van der Waals surface area contributed by atoms with Crippen LogP contribution in [0.5, 0.6) is 0 Å². The Bertz CT molecular complexity index is 686. The van der Waals surface area contributed by atoms with Crippen LogP contribution in [0, 0.1) is 12.8 Å². The Balaban J connectivity index is 1.93. The van der Waals surface area contributed by atoms with Crippen molar-refractivity contribution in [3.8, 4) is 0 Å². The molecule has 0 unspecified atom stereocenters. The van der Waals surface area contributed by atoms with E-state index in [1.807, 2.05) is 19.1 Å². The van der Waals surface area contributed by atoms with E-state index in [-0.39, 0.29) is 11.4 Å². The number of nitrogens with two attached hydrogens (primary N) is 1. The van der Waals surface area contributed by atoms with Crippen LogP contribution in [0.1, 0.15) is 42.1 Å². The zero-order chi connectivity index (χ0) is 14.5. The number of nitrogens with one attached hydrogen (secondary N) is 1. The first kappa shape index (κ1) is 13.4. The van der Waals surface area contributed by atoms with Gasteiger partial charge in [-0.05, 0) is 51.7 Å². The number of amides is 1. The van der Waals surface area contributed by atoms with Crippen LogP contribution in [0.25, 0.3) is 10.2 Å². The average molecular weight is 289 g/mol. The number of hydrogen-bond acceptors (Lipinski definition) is 4. The summed E-state index contributed by atoms with van der Waals surface area (Å²) >= 11 is 1.37. The summed E-state index contributed by atoms with van der Waals surface area (Å²) in [5.41, 5.74) is 7.42. The Labute approximate surface area is 122 Å². The Morgan fingerprint density at radius 2 is 2.15 bits per heavy atom. The predicted octanol–water partition coefficient (Wildman–Crippen LogP) is 3.11. The number of pyridine rings is 1. The van der Waals surface area contributed by atoms with Crippen LogP contribution in [0.4, 0.5) is 5.69 Å². The molecule has 4 nitrogen and oxygen atoms in total. The monoisotopic (exact) mass is 289 g/mol. The minimum Gasteiger partial charge on any atom is -0.397 e. The molecule has 1 saturated carbocycles. The summed E-state index contributed by atoms with van der Waals surface area (Å²) in [6, 6.07) is 3.85. The van der Waals surface area contributed by atoms with Crippen molar-refractivity contribution in [1.82, 2.24) is 10.3 Å². The molecule has 2 heterocycles. The van der Waals surface area contributed by atoms with Crippen LogP contribution < -0.4 is 11.1 Å². The molecular formula is C15H19N3OS. The number of rotatable bonds is 3. The van der Waals surface area contributed by atoms with E-state index in [0.29, 0.717) is 16.5 Å². The first-order chi connectivity index (χ1) is 9.38. The Kier molecular flexibility index (Phi) is 2.97. The standard InChI is InChI=1S/C15H19N3OS/c1-8-4-7-10-11(16)12(20-14(10)17-8)13(19)18-15(2,3)9-5-6-9/h4,7,9H,5-6,16H2,1-3H3,(H,18,19). The molecule has 5 heteroatoms. The van der Waals surface area contributed by atoms with Gasteiger partial charge in [0, 0.05) is 16.6 Å². The number of thiophene rings is 1. The fourth-order valence-electron chi connectivity index (χ4n) is 2.51. The SMILES string of the molecule is Cc1ccc2c(N)c(C(=O)NC(C)(C)C3CC3)sc2n1. The molecule has 0 bridgehead atoms. The van der Waals surface area contributed by atoms with Crippen LogP contribution in [-0.4, -0.2) is 16.4 Å². The highest BCUT2D eigenvalue weighted by Crippen LogP contribution is 2.40. The maximum Gasteiger partial charge on any atom is 0.263 e. The van der Waals surface area contributed by atoms with E-state index in [1.54, 1.807) is 0 Å². The highest BCUT2D eigenvalue weighted by Gasteiger charge is 2.39. The molecule has 2 aromatic rings. The van der Waals surface area contributed by atoms with Gasteiger partial charge in [-0.15, -0.1) is 11.3 Å². The third kappa shape index (κ3) is 2.26. The lowest BCUT2D eigenvalue weighted by Gasteiger charge is -2.25. The highest BCUT2D eigenvalue weighted by atomic mass is 32.1. The number of carbonyl (C=O) groups is 1. The van der Waals surface area contributed by atoms with Crippen molar-refractivity contribution in [3.05, 3.63) is 22.7 Å². The normalized spacial score (nSPS) is 15.6. The number of nitrogen functional groups attached to an aromatic ring is 1. The number of hydrogen-bond donors (Lipinski definition) is 2. The lowest BCUT2D eigenvalue weighted by Crippen LogP contribution is -2.45. The molecule has 0 atom stereocenters. The molecule has 0 aliphatic heterocycles. The van der Waals surface area contributed by atoms with Gasteiger partial charge >= 0.3 is 0 Å². The van der Waals surface area contributed by atoms with Gasteiger partial charge in [0.25, 0.3) is 5.91 Å². The minimum absolute atomic E-state index is 0.0833. The quantitative estimate of drug-likeness (QED) is 0.912. The molecule has 3 N–H and O–H groups in total. The number of anilines is 1. The molecular weight excluding hydrogens is 270 g/mol. The number of aromatic nitrogens is 1. The van der Waals surface area contributed by atoms with Gasteiger partial charge in [-0.2, -0.15) is 0 Å². The molecule has 0 radical (unpaired) electrons. The first-order valence-corrected chi connectivity index (χ1v) is 7.68. The number of carbonyl (C=O) groups excluding carboxylic acids is 1. The smallest absolute Gasteiger partial charge is 0.263 e. The van der Waals surface area contributed by atoms with E-state index < -0.39 is 0 Å². The fourth-order valence-corrected chi connectivity index (χ4v) is 3.55. The van der Waals surface area contributed by atoms with Crippen molar-refractivity contribution in [1.29, 1.82) is 0 Å². The summed E-state index contributed by atoms with van der Waals surface area (Å²) in [5.74, 6) is 0.502. The Morgan fingerprint density at radius 1 is 1.45 bits per heavy atom. The fraction of sp³-hybridized carbons (Fsp3) is 0.467. The summed E-state index contributed by atoms with van der Waals surface area (Å²) in [4.78, 5) is 18.3. The number of fused-ring (bicyclic) bond motifs is 1. The van der Waals surface area contributed by atoms with Crippen LogP contribution in [-0.2, 0) is 0 Å². The van der Waals surface area contributed by atoms with Gasteiger partial charge in [0.2, 0.25) is 0 Å². The second kappa shape index (κ2) is 4.45. The van der Waals surface area contributed by atoms with Gasteiger partial charge in [0.15, 0.2) is 0 Å². The summed E-state index contributed by atoms with van der Waals surface area (Å²) < 4.78 is 0. The van der Waals surface area contributed by atoms with Crippen molar-refractivity contribution >= 4 is 33.1 Å². The second-order valence-electron chi connectivity index (χ2n) is 6.10. The molecule has 0 spiro atoms. The zero-order valence-electron chi connectivity index (χ0n) is 12.0. The Hall–Kier alpha value is -1.62. The van der Waals surface area contributed by atoms with Crippen molar-refractivity contribution in [2.24, 2.45) is 5.92 Å². The van der Waals surface area contributed by atoms with Crippen molar-refractivity contribution in [2.75, 3.05) is 5.73 Å². The lowest BCUT2D eigenvalue weighted by atomic mass is 9.98. The van der Waals surface area contributed by atoms with Crippen LogP contribution in [0.2, 0.25) is 0 Å². The maximum absolute atomic E-state index is 12.5. The molecule has 1 fully saturated rings. The summed E-state index contributed by atoms with van der Waals surface area (Å²) in [6.45, 7) is 6.09. The molecule has 2 aromatic heterocycles. The predicted molar refractivity (Wildman–Crippen MR) is 83.0 cm³/mol. The van der Waals surface area contributed by atoms with Gasteiger partial charge < -0.3 is 11.1 Å². The highest BCUT2D eigenvalue weighted by molar-refractivity contribution is 7.21. The van der Waals surface area contributed by atoms with Gasteiger partial charge in [-0.3, -0.25) is 4.79 Å². The van der Waals surface area contributed by atoms with Gasteiger partial charge in [0.1, 0.15) is 9.71 Å². The topological polar surface area (TPSA) is 68.0 Å². The first-order valence-electron chi connectivity index (χ1n) is 6.86. The molecule has 1 aliphatic carbocycles. The van der Waals surface area contributed by atoms with Crippen LogP contribution >= 0.6 is 11.3 Å². The van der Waals surface area contributed by atoms with Crippen molar-refractivity contribution in [3.63, 3.8) is 0 Å². The van der Waals surface area contributed by atoms with E-state index in [2.05, 4.69) is 24.1 Å². The second-order valence-corrected chi connectivity index (χ2v) is 7.10. The molecule has 0 saturated heterocycles. The van der Waals surface area contributed by atoms with Crippen LogP contribution in [0.3, 0.4) is 0 Å². The third-order valence-electron chi connectivity index (χ3n) is 3.97. The summed E-state index contributed by atoms with van der Waals surface area (Å²) in [5, 5.41) is 3.98. The maximum atomic E-state index is 12.5. The lowest BCUT2D eigenvalue weighted by molar-refractivity contribution is 0.0908. The van der Waals surface area contributed by atoms with Crippen molar-refractivity contribution < 1.29 is 4.79 Å². The minimum atomic E-state index is -0.164. The van der Waals surface area contributed by atoms with E-state index in [0.717, 1.165) is 15.9 Å².